The van der Waals surface area contributed by atoms with Crippen LogP contribution in [0.1, 0.15) is 30.3 Å². The van der Waals surface area contributed by atoms with Gasteiger partial charge in [0.25, 0.3) is 0 Å². The van der Waals surface area contributed by atoms with Crippen molar-refractivity contribution in [2.45, 2.75) is 42.5 Å². The van der Waals surface area contributed by atoms with E-state index in [4.69, 9.17) is 5.73 Å². The number of anilines is 1. The van der Waals surface area contributed by atoms with Crippen molar-refractivity contribution in [1.82, 2.24) is 4.98 Å². The molecular formula is C10H17AsN2S. The van der Waals surface area contributed by atoms with Crippen LogP contribution >= 0.6 is 11.3 Å². The summed E-state index contributed by atoms with van der Waals surface area (Å²) >= 11 is 2.01. The van der Waals surface area contributed by atoms with Gasteiger partial charge < -0.3 is 0 Å². The predicted molar refractivity (Wildman–Crippen MR) is 64.5 cm³/mol. The molecule has 0 fully saturated rings. The fourth-order valence-corrected chi connectivity index (χ4v) is 6.11. The van der Waals surface area contributed by atoms with Gasteiger partial charge in [-0.2, -0.15) is 0 Å². The van der Waals surface area contributed by atoms with Crippen LogP contribution in [0.3, 0.4) is 0 Å². The molecule has 1 aromatic rings. The zero-order chi connectivity index (χ0) is 9.97. The molecule has 1 heterocycles. The van der Waals surface area contributed by atoms with Crippen LogP contribution in [0.2, 0.25) is 9.91 Å². The molecule has 2 atom stereocenters. The molecule has 1 aromatic heterocycles. The monoisotopic (exact) mass is 272 g/mol. The average molecular weight is 272 g/mol. The first-order valence-electron chi connectivity index (χ1n) is 5.27. The average Bonchev–Trinajstić information content (AvgIpc) is 2.54. The molecule has 0 spiro atoms. The second kappa shape index (κ2) is 4.67. The fourth-order valence-electron chi connectivity index (χ4n) is 1.92. The Balaban J connectivity index is 1.98. The second-order valence-corrected chi connectivity index (χ2v) is 8.55. The standard InChI is InChI=1S/C10H17AsN2S/c1-2-5-11-7-3-4-8-9(6-7)14-10(12)13-8/h7,11H,2-6H2,1H3,(H2,12,13). The zero-order valence-corrected chi connectivity index (χ0v) is 11.5. The summed E-state index contributed by atoms with van der Waals surface area (Å²) in [4.78, 5) is 5.86. The summed E-state index contributed by atoms with van der Waals surface area (Å²) in [6.07, 6.45) is 5.20. The van der Waals surface area contributed by atoms with Crippen LogP contribution in [-0.2, 0) is 12.8 Å². The molecule has 0 saturated carbocycles. The van der Waals surface area contributed by atoms with Crippen molar-refractivity contribution >= 4 is 32.2 Å². The number of nitrogen functional groups attached to an aromatic ring is 1. The van der Waals surface area contributed by atoms with Gasteiger partial charge in [-0.15, -0.1) is 0 Å². The number of nitrogens with zero attached hydrogens (tertiary/aromatic N) is 1. The van der Waals surface area contributed by atoms with Crippen molar-refractivity contribution < 1.29 is 0 Å². The van der Waals surface area contributed by atoms with Crippen molar-refractivity contribution in [1.29, 1.82) is 0 Å². The van der Waals surface area contributed by atoms with E-state index >= 15 is 0 Å². The van der Waals surface area contributed by atoms with E-state index in [0.29, 0.717) is 15.8 Å². The second-order valence-electron chi connectivity index (χ2n) is 3.82. The molecule has 1 aliphatic carbocycles. The van der Waals surface area contributed by atoms with Crippen LogP contribution in [0.15, 0.2) is 0 Å². The maximum atomic E-state index is 5.72. The van der Waals surface area contributed by atoms with E-state index < -0.39 is 0 Å². The Morgan fingerprint density at radius 3 is 3.29 bits per heavy atom. The number of hydrogen-bond donors (Lipinski definition) is 1. The third-order valence-corrected chi connectivity index (χ3v) is 7.49. The van der Waals surface area contributed by atoms with Gasteiger partial charge in [-0.05, 0) is 0 Å². The van der Waals surface area contributed by atoms with E-state index in [9.17, 15) is 0 Å². The van der Waals surface area contributed by atoms with Crippen molar-refractivity contribution in [3.8, 4) is 0 Å². The normalized spacial score (nSPS) is 21.6. The quantitative estimate of drug-likeness (QED) is 0.857. The van der Waals surface area contributed by atoms with Gasteiger partial charge in [0.2, 0.25) is 0 Å². The van der Waals surface area contributed by atoms with Crippen molar-refractivity contribution in [3.63, 3.8) is 0 Å². The molecule has 0 amide bonds. The van der Waals surface area contributed by atoms with Crippen LogP contribution in [0.25, 0.3) is 0 Å². The molecule has 2 unspecified atom stereocenters. The molecule has 0 aromatic carbocycles. The summed E-state index contributed by atoms with van der Waals surface area (Å²) < 4.78 is 1.02. The summed E-state index contributed by atoms with van der Waals surface area (Å²) in [5.41, 5.74) is 7.02. The van der Waals surface area contributed by atoms with Crippen LogP contribution in [0, 0.1) is 0 Å². The molecule has 0 bridgehead atoms. The van der Waals surface area contributed by atoms with Gasteiger partial charge in [0.05, 0.1) is 0 Å². The number of nitrogens with two attached hydrogens (primary N) is 1. The van der Waals surface area contributed by atoms with Gasteiger partial charge in [0, 0.05) is 0 Å². The number of thiazole rings is 1. The van der Waals surface area contributed by atoms with Gasteiger partial charge in [0.15, 0.2) is 0 Å². The maximum absolute atomic E-state index is 5.72. The zero-order valence-electron chi connectivity index (χ0n) is 8.55. The summed E-state index contributed by atoms with van der Waals surface area (Å²) in [6.45, 7) is 2.29. The Labute approximate surface area is 96.0 Å². The molecular weight excluding hydrogens is 255 g/mol. The number of rotatable bonds is 3. The van der Waals surface area contributed by atoms with E-state index in [2.05, 4.69) is 11.9 Å². The van der Waals surface area contributed by atoms with Crippen molar-refractivity contribution in [2.75, 3.05) is 5.73 Å². The number of aromatic nitrogens is 1. The molecule has 4 heteroatoms. The number of aryl methyl sites for hydroxylation is 1. The van der Waals surface area contributed by atoms with Gasteiger partial charge in [0.1, 0.15) is 0 Å². The molecule has 1 aliphatic rings. The van der Waals surface area contributed by atoms with E-state index in [0.717, 1.165) is 9.84 Å². The van der Waals surface area contributed by atoms with Crippen LogP contribution in [0.4, 0.5) is 5.13 Å². The Bertz CT molecular complexity index is 311. The van der Waals surface area contributed by atoms with Crippen LogP contribution < -0.4 is 5.73 Å². The SMILES string of the molecule is CCC[AsH]C1CCc2nc(N)sc2C1. The van der Waals surface area contributed by atoms with Crippen molar-refractivity contribution in [3.05, 3.63) is 10.6 Å². The first-order valence-corrected chi connectivity index (χ1v) is 8.78. The molecule has 0 radical (unpaired) electrons. The topological polar surface area (TPSA) is 38.9 Å². The molecule has 14 heavy (non-hydrogen) atoms. The molecule has 0 saturated heterocycles. The molecule has 2 N–H and O–H groups in total. The van der Waals surface area contributed by atoms with E-state index in [1.54, 1.807) is 11.3 Å². The van der Waals surface area contributed by atoms with Crippen LogP contribution in [-0.4, -0.2) is 20.7 Å². The van der Waals surface area contributed by atoms with Gasteiger partial charge >= 0.3 is 96.0 Å². The fraction of sp³-hybridized carbons (Fsp3) is 0.700. The Hall–Kier alpha value is -0.0116. The molecule has 2 nitrogen and oxygen atoms in total. The minimum absolute atomic E-state index is 0.294. The van der Waals surface area contributed by atoms with E-state index in [-0.39, 0.29) is 0 Å². The molecule has 78 valence electrons. The van der Waals surface area contributed by atoms with E-state index in [1.165, 1.54) is 41.5 Å². The third kappa shape index (κ3) is 2.32. The van der Waals surface area contributed by atoms with Gasteiger partial charge in [-0.1, -0.05) is 0 Å². The summed E-state index contributed by atoms with van der Waals surface area (Å²) in [5.74, 6) is 0. The van der Waals surface area contributed by atoms with Gasteiger partial charge in [-0.3, -0.25) is 0 Å². The summed E-state index contributed by atoms with van der Waals surface area (Å²) in [7, 11) is 0. The Kier molecular flexibility index (Phi) is 3.51. The Morgan fingerprint density at radius 2 is 2.50 bits per heavy atom. The molecule has 0 aliphatic heterocycles. The van der Waals surface area contributed by atoms with Gasteiger partial charge in [-0.25, -0.2) is 0 Å². The van der Waals surface area contributed by atoms with E-state index in [1.807, 2.05) is 0 Å². The number of hydrogen-bond acceptors (Lipinski definition) is 3. The summed E-state index contributed by atoms with van der Waals surface area (Å²) in [6, 6.07) is 0. The van der Waals surface area contributed by atoms with Crippen molar-refractivity contribution in [2.24, 2.45) is 0 Å². The summed E-state index contributed by atoms with van der Waals surface area (Å²) in [5, 5.41) is 2.26. The predicted octanol–water partition coefficient (Wildman–Crippen LogP) is 2.27. The Morgan fingerprint density at radius 1 is 1.64 bits per heavy atom. The first kappa shape index (κ1) is 10.5. The first-order chi connectivity index (χ1) is 6.79. The number of fused-ring (bicyclic) bond motifs is 1. The molecule has 2 rings (SSSR count). The van der Waals surface area contributed by atoms with Crippen LogP contribution in [0.5, 0.6) is 0 Å². The third-order valence-electron chi connectivity index (χ3n) is 2.64. The minimum atomic E-state index is 0.294.